The molecule has 0 aromatic rings. The van der Waals surface area contributed by atoms with E-state index in [1.165, 1.54) is 6.20 Å². The van der Waals surface area contributed by atoms with Crippen molar-refractivity contribution < 1.29 is 9.53 Å². The molecule has 1 amide bonds. The maximum atomic E-state index is 11.6. The summed E-state index contributed by atoms with van der Waals surface area (Å²) in [4.78, 5) is 13.3. The molecule has 0 saturated carbocycles. The second kappa shape index (κ2) is 10.6. The van der Waals surface area contributed by atoms with Crippen molar-refractivity contribution >= 4 is 5.91 Å². The number of likely N-dealkylation sites (N-methyl/N-ethyl adjacent to an activating group) is 1. The third-order valence-corrected chi connectivity index (χ3v) is 2.85. The van der Waals surface area contributed by atoms with Gasteiger partial charge in [0.15, 0.2) is 0 Å². The molecule has 0 aromatic heterocycles. The van der Waals surface area contributed by atoms with E-state index in [1.54, 1.807) is 17.0 Å². The van der Waals surface area contributed by atoms with Crippen molar-refractivity contribution in [2.24, 2.45) is 11.6 Å². The number of ether oxygens (including phenoxy) is 1. The number of carbonyl (C=O) groups excluding carboxylic acids is 1. The fraction of sp³-hybridized carbons (Fsp3) is 0.769. The van der Waals surface area contributed by atoms with Gasteiger partial charge in [0.05, 0.1) is 18.9 Å². The second-order valence-corrected chi connectivity index (χ2v) is 4.18. The minimum atomic E-state index is 0.160. The van der Waals surface area contributed by atoms with Crippen LogP contribution < -0.4 is 11.6 Å². The molecule has 1 aliphatic heterocycles. The maximum absolute atomic E-state index is 11.6. The Hall–Kier alpha value is -1.27. The van der Waals surface area contributed by atoms with Crippen LogP contribution in [0.3, 0.4) is 0 Å². The number of nitrogens with zero attached hydrogens (tertiary/aromatic N) is 2. The monoisotopic (exact) mass is 272 g/mol. The molecule has 0 bridgehead atoms. The van der Waals surface area contributed by atoms with E-state index in [9.17, 15) is 4.79 Å². The van der Waals surface area contributed by atoms with Crippen LogP contribution in [0.5, 0.6) is 0 Å². The molecule has 1 fully saturated rings. The van der Waals surface area contributed by atoms with Gasteiger partial charge in [-0.15, -0.1) is 0 Å². The number of rotatable bonds is 0. The topological polar surface area (TPSA) is 84.8 Å². The number of amides is 1. The van der Waals surface area contributed by atoms with Crippen molar-refractivity contribution in [3.63, 3.8) is 0 Å². The Morgan fingerprint density at radius 3 is 2.58 bits per heavy atom. The molecule has 0 atom stereocenters. The van der Waals surface area contributed by atoms with Crippen LogP contribution in [0.25, 0.3) is 0 Å². The van der Waals surface area contributed by atoms with E-state index < -0.39 is 0 Å². The van der Waals surface area contributed by atoms with Crippen molar-refractivity contribution in [1.82, 2.24) is 9.91 Å². The highest BCUT2D eigenvalue weighted by atomic mass is 16.5. The SMILES string of the molecule is CC.CN1CCOC/C(=C/N)N(N)CCCCC1=O. The van der Waals surface area contributed by atoms with Crippen molar-refractivity contribution in [2.75, 3.05) is 33.4 Å². The highest BCUT2D eigenvalue weighted by Gasteiger charge is 2.11. The largest absolute Gasteiger partial charge is 0.403 e. The summed E-state index contributed by atoms with van der Waals surface area (Å²) in [5.74, 6) is 6.00. The van der Waals surface area contributed by atoms with Crippen molar-refractivity contribution in [3.05, 3.63) is 11.9 Å². The van der Waals surface area contributed by atoms with Crippen LogP contribution in [-0.2, 0) is 9.53 Å². The smallest absolute Gasteiger partial charge is 0.222 e. The fourth-order valence-electron chi connectivity index (χ4n) is 1.62. The van der Waals surface area contributed by atoms with Crippen LogP contribution >= 0.6 is 0 Å². The summed E-state index contributed by atoms with van der Waals surface area (Å²) in [6, 6.07) is 0. The molecule has 4 N–H and O–H groups in total. The van der Waals surface area contributed by atoms with Crippen molar-refractivity contribution in [3.8, 4) is 0 Å². The van der Waals surface area contributed by atoms with Gasteiger partial charge < -0.3 is 20.4 Å². The quantitative estimate of drug-likeness (QED) is 0.632. The van der Waals surface area contributed by atoms with E-state index in [0.717, 1.165) is 18.5 Å². The molecule has 0 aromatic carbocycles. The Bertz CT molecular complexity index is 282. The molecule has 1 saturated heterocycles. The molecule has 112 valence electrons. The van der Waals surface area contributed by atoms with Crippen molar-refractivity contribution in [2.45, 2.75) is 33.1 Å². The van der Waals surface area contributed by atoms with Gasteiger partial charge in [0.25, 0.3) is 0 Å². The first-order valence-corrected chi connectivity index (χ1v) is 6.90. The zero-order valence-electron chi connectivity index (χ0n) is 12.4. The highest BCUT2D eigenvalue weighted by molar-refractivity contribution is 5.75. The lowest BCUT2D eigenvalue weighted by molar-refractivity contribution is -0.130. The molecule has 1 heterocycles. The van der Waals surface area contributed by atoms with E-state index in [4.69, 9.17) is 16.3 Å². The average molecular weight is 272 g/mol. The van der Waals surface area contributed by atoms with Gasteiger partial charge in [-0.3, -0.25) is 4.79 Å². The molecule has 19 heavy (non-hydrogen) atoms. The lowest BCUT2D eigenvalue weighted by Crippen LogP contribution is -2.36. The Morgan fingerprint density at radius 2 is 1.95 bits per heavy atom. The minimum Gasteiger partial charge on any atom is -0.403 e. The Balaban J connectivity index is 0.00000154. The van der Waals surface area contributed by atoms with Gasteiger partial charge in [0.2, 0.25) is 5.91 Å². The lowest BCUT2D eigenvalue weighted by Gasteiger charge is -2.24. The first-order chi connectivity index (χ1) is 9.15. The van der Waals surface area contributed by atoms with Crippen LogP contribution in [0.15, 0.2) is 11.9 Å². The molecular weight excluding hydrogens is 244 g/mol. The summed E-state index contributed by atoms with van der Waals surface area (Å²) in [6.45, 7) is 6.16. The van der Waals surface area contributed by atoms with Crippen LogP contribution in [0.1, 0.15) is 33.1 Å². The summed E-state index contributed by atoms with van der Waals surface area (Å²) < 4.78 is 5.44. The molecular formula is C13H28N4O2. The molecule has 0 spiro atoms. The standard InChI is InChI=1S/C11H22N4O2.C2H6/c1-14-6-7-17-9-10(8-12)15(13)5-3-2-4-11(14)16;1-2/h8H,2-7,9,12-13H2,1H3;1-2H3/b10-8-;. The number of hydrazine groups is 1. The van der Waals surface area contributed by atoms with Gasteiger partial charge in [-0.25, -0.2) is 5.84 Å². The lowest BCUT2D eigenvalue weighted by atomic mass is 10.2. The summed E-state index contributed by atoms with van der Waals surface area (Å²) in [7, 11) is 1.80. The van der Waals surface area contributed by atoms with Gasteiger partial charge in [-0.2, -0.15) is 0 Å². The molecule has 1 aliphatic rings. The van der Waals surface area contributed by atoms with E-state index >= 15 is 0 Å². The van der Waals surface area contributed by atoms with E-state index in [0.29, 0.717) is 32.7 Å². The minimum absolute atomic E-state index is 0.160. The van der Waals surface area contributed by atoms with Gasteiger partial charge in [-0.1, -0.05) is 13.8 Å². The summed E-state index contributed by atoms with van der Waals surface area (Å²) in [5.41, 5.74) is 6.27. The van der Waals surface area contributed by atoms with E-state index in [2.05, 4.69) is 0 Å². The molecule has 1 rings (SSSR count). The molecule has 0 unspecified atom stereocenters. The third kappa shape index (κ3) is 7.03. The molecule has 6 nitrogen and oxygen atoms in total. The number of hydrogen-bond donors (Lipinski definition) is 2. The second-order valence-electron chi connectivity index (χ2n) is 4.18. The zero-order chi connectivity index (χ0) is 14.7. The van der Waals surface area contributed by atoms with Crippen LogP contribution in [0.4, 0.5) is 0 Å². The van der Waals surface area contributed by atoms with Crippen LogP contribution in [0.2, 0.25) is 0 Å². The van der Waals surface area contributed by atoms with Crippen LogP contribution in [0, 0.1) is 0 Å². The predicted octanol–water partition coefficient (Wildman–Crippen LogP) is 0.647. The summed E-state index contributed by atoms with van der Waals surface area (Å²) >= 11 is 0. The Morgan fingerprint density at radius 1 is 1.26 bits per heavy atom. The van der Waals surface area contributed by atoms with Gasteiger partial charge in [0.1, 0.15) is 0 Å². The first kappa shape index (κ1) is 17.7. The maximum Gasteiger partial charge on any atom is 0.222 e. The predicted molar refractivity (Wildman–Crippen MR) is 76.8 cm³/mol. The molecule has 0 radical (unpaired) electrons. The average Bonchev–Trinajstić information content (AvgIpc) is 2.44. The van der Waals surface area contributed by atoms with Crippen LogP contribution in [-0.4, -0.2) is 49.2 Å². The Labute approximate surface area is 116 Å². The summed E-state index contributed by atoms with van der Waals surface area (Å²) in [5, 5.41) is 1.59. The fourth-order valence-corrected chi connectivity index (χ4v) is 1.62. The highest BCUT2D eigenvalue weighted by Crippen LogP contribution is 2.05. The Kier molecular flexibility index (Phi) is 9.92. The first-order valence-electron chi connectivity index (χ1n) is 6.90. The van der Waals surface area contributed by atoms with E-state index in [-0.39, 0.29) is 5.91 Å². The number of hydrogen-bond acceptors (Lipinski definition) is 5. The number of carbonyl (C=O) groups is 1. The van der Waals surface area contributed by atoms with Gasteiger partial charge >= 0.3 is 0 Å². The van der Waals surface area contributed by atoms with Crippen molar-refractivity contribution in [1.29, 1.82) is 0 Å². The normalized spacial score (nSPS) is 21.3. The third-order valence-electron chi connectivity index (χ3n) is 2.85. The zero-order valence-corrected chi connectivity index (χ0v) is 12.4. The number of nitrogens with two attached hydrogens (primary N) is 2. The van der Waals surface area contributed by atoms with Gasteiger partial charge in [-0.05, 0) is 12.8 Å². The summed E-state index contributed by atoms with van der Waals surface area (Å²) in [6.07, 6.45) is 3.75. The molecule has 6 heteroatoms. The molecule has 0 aliphatic carbocycles. The van der Waals surface area contributed by atoms with E-state index in [1.807, 2.05) is 13.8 Å². The van der Waals surface area contributed by atoms with Gasteiger partial charge in [0, 0.05) is 32.8 Å².